The second-order valence-corrected chi connectivity index (χ2v) is 6.41. The fraction of sp³-hybridized carbons (Fsp3) is 0.545. The number of nitrogens with zero attached hydrogens (tertiary/aromatic N) is 6. The second-order valence-electron chi connectivity index (χ2n) is 4.56. The molecule has 0 radical (unpaired) electrons. The molecule has 0 N–H and O–H groups in total. The van der Waals surface area contributed by atoms with Crippen LogP contribution in [0, 0.1) is 0 Å². The van der Waals surface area contributed by atoms with Gasteiger partial charge in [0.1, 0.15) is 0 Å². The van der Waals surface area contributed by atoms with E-state index in [9.17, 15) is 0 Å². The standard InChI is InChI=1S/C11H15BrN6S/c1-16-11(13-14-15-16)18-5-3-17(4-6-18)8-10-9(12)2-7-19-10/h2,7H,3-6,8H2,1H3. The van der Waals surface area contributed by atoms with Gasteiger partial charge in [0.15, 0.2) is 0 Å². The van der Waals surface area contributed by atoms with Gasteiger partial charge in [-0.15, -0.1) is 11.3 Å². The van der Waals surface area contributed by atoms with Crippen molar-refractivity contribution >= 4 is 33.2 Å². The molecule has 0 atom stereocenters. The van der Waals surface area contributed by atoms with E-state index in [4.69, 9.17) is 0 Å². The summed E-state index contributed by atoms with van der Waals surface area (Å²) in [6.45, 7) is 5.03. The topological polar surface area (TPSA) is 50.1 Å². The fourth-order valence-corrected chi connectivity index (χ4v) is 3.76. The lowest BCUT2D eigenvalue weighted by Gasteiger charge is -2.34. The first-order chi connectivity index (χ1) is 9.24. The Labute approximate surface area is 124 Å². The van der Waals surface area contributed by atoms with Gasteiger partial charge in [0.05, 0.1) is 0 Å². The molecule has 6 nitrogen and oxygen atoms in total. The second kappa shape index (κ2) is 5.56. The molecule has 0 saturated carbocycles. The van der Waals surface area contributed by atoms with Gasteiger partial charge in [0, 0.05) is 49.1 Å². The van der Waals surface area contributed by atoms with Crippen molar-refractivity contribution in [3.63, 3.8) is 0 Å². The third-order valence-electron chi connectivity index (χ3n) is 3.31. The zero-order valence-corrected chi connectivity index (χ0v) is 13.1. The third-order valence-corrected chi connectivity index (χ3v) is 5.22. The van der Waals surface area contributed by atoms with Crippen LogP contribution in [0.3, 0.4) is 0 Å². The molecular weight excluding hydrogens is 328 g/mol. The predicted octanol–water partition coefficient (Wildman–Crippen LogP) is 1.36. The Kier molecular flexibility index (Phi) is 3.81. The molecule has 102 valence electrons. The van der Waals surface area contributed by atoms with Crippen molar-refractivity contribution in [3.05, 3.63) is 20.8 Å². The molecule has 0 unspecified atom stereocenters. The largest absolute Gasteiger partial charge is 0.337 e. The van der Waals surface area contributed by atoms with Crippen LogP contribution in [0.15, 0.2) is 15.9 Å². The van der Waals surface area contributed by atoms with E-state index < -0.39 is 0 Å². The van der Waals surface area contributed by atoms with Crippen molar-refractivity contribution in [2.75, 3.05) is 31.1 Å². The van der Waals surface area contributed by atoms with Crippen LogP contribution in [0.4, 0.5) is 5.95 Å². The van der Waals surface area contributed by atoms with Crippen LogP contribution >= 0.6 is 27.3 Å². The van der Waals surface area contributed by atoms with Crippen LogP contribution in [-0.2, 0) is 13.6 Å². The van der Waals surface area contributed by atoms with Crippen molar-refractivity contribution in [1.82, 2.24) is 25.1 Å². The summed E-state index contributed by atoms with van der Waals surface area (Å²) in [6.07, 6.45) is 0. The lowest BCUT2D eigenvalue weighted by atomic mass is 10.3. The van der Waals surface area contributed by atoms with E-state index in [1.165, 1.54) is 9.35 Å². The summed E-state index contributed by atoms with van der Waals surface area (Å²) >= 11 is 5.40. The van der Waals surface area contributed by atoms with Crippen LogP contribution in [0.25, 0.3) is 0 Å². The number of aromatic nitrogens is 4. The number of rotatable bonds is 3. The van der Waals surface area contributed by atoms with E-state index >= 15 is 0 Å². The number of aryl methyl sites for hydroxylation is 1. The minimum Gasteiger partial charge on any atom is -0.337 e. The Morgan fingerprint density at radius 1 is 1.32 bits per heavy atom. The number of thiophene rings is 1. The van der Waals surface area contributed by atoms with Crippen LogP contribution in [0.1, 0.15) is 4.88 Å². The highest BCUT2D eigenvalue weighted by Crippen LogP contribution is 2.24. The molecule has 2 aromatic rings. The summed E-state index contributed by atoms with van der Waals surface area (Å²) in [5.74, 6) is 0.858. The normalized spacial score (nSPS) is 17.1. The average molecular weight is 343 g/mol. The first-order valence-corrected chi connectivity index (χ1v) is 7.83. The monoisotopic (exact) mass is 342 g/mol. The van der Waals surface area contributed by atoms with E-state index in [0.29, 0.717) is 0 Å². The lowest BCUT2D eigenvalue weighted by Crippen LogP contribution is -2.46. The van der Waals surface area contributed by atoms with Crippen LogP contribution in [-0.4, -0.2) is 51.3 Å². The zero-order valence-electron chi connectivity index (χ0n) is 10.7. The van der Waals surface area contributed by atoms with Crippen LogP contribution in [0.2, 0.25) is 0 Å². The lowest BCUT2D eigenvalue weighted by molar-refractivity contribution is 0.249. The van der Waals surface area contributed by atoms with Gasteiger partial charge < -0.3 is 4.90 Å². The number of halogens is 1. The SMILES string of the molecule is Cn1nnnc1N1CCN(Cc2sccc2Br)CC1. The summed E-state index contributed by atoms with van der Waals surface area (Å²) in [5.41, 5.74) is 0. The average Bonchev–Trinajstić information content (AvgIpc) is 3.00. The van der Waals surface area contributed by atoms with Crippen LogP contribution in [0.5, 0.6) is 0 Å². The van der Waals surface area contributed by atoms with E-state index in [1.54, 1.807) is 16.0 Å². The van der Waals surface area contributed by atoms with Gasteiger partial charge in [-0.3, -0.25) is 4.90 Å². The Morgan fingerprint density at radius 2 is 2.11 bits per heavy atom. The van der Waals surface area contributed by atoms with Crippen LogP contribution < -0.4 is 4.90 Å². The Balaban J connectivity index is 1.58. The zero-order chi connectivity index (χ0) is 13.2. The molecule has 0 bridgehead atoms. The maximum atomic E-state index is 4.06. The molecule has 3 rings (SSSR count). The van der Waals surface area contributed by atoms with Gasteiger partial charge in [-0.05, 0) is 37.8 Å². The molecule has 1 fully saturated rings. The molecule has 0 aromatic carbocycles. The highest BCUT2D eigenvalue weighted by Gasteiger charge is 2.21. The summed E-state index contributed by atoms with van der Waals surface area (Å²) in [5, 5.41) is 13.8. The van der Waals surface area contributed by atoms with Crippen molar-refractivity contribution in [3.8, 4) is 0 Å². The van der Waals surface area contributed by atoms with Gasteiger partial charge in [0.25, 0.3) is 0 Å². The summed E-state index contributed by atoms with van der Waals surface area (Å²) < 4.78 is 2.95. The van der Waals surface area contributed by atoms with E-state index in [2.05, 4.69) is 52.7 Å². The maximum Gasteiger partial charge on any atom is 0.245 e. The van der Waals surface area contributed by atoms with Gasteiger partial charge in [-0.1, -0.05) is 5.10 Å². The smallest absolute Gasteiger partial charge is 0.245 e. The third kappa shape index (κ3) is 2.80. The van der Waals surface area contributed by atoms with Gasteiger partial charge in [-0.2, -0.15) is 0 Å². The van der Waals surface area contributed by atoms with Crippen molar-refractivity contribution in [2.45, 2.75) is 6.54 Å². The van der Waals surface area contributed by atoms with Gasteiger partial charge >= 0.3 is 0 Å². The molecule has 0 aliphatic carbocycles. The molecule has 1 aliphatic heterocycles. The minimum atomic E-state index is 0.858. The number of anilines is 1. The fourth-order valence-electron chi connectivity index (χ4n) is 2.24. The van der Waals surface area contributed by atoms with Crippen molar-refractivity contribution < 1.29 is 0 Å². The van der Waals surface area contributed by atoms with Crippen molar-refractivity contribution in [1.29, 1.82) is 0 Å². The highest BCUT2D eigenvalue weighted by molar-refractivity contribution is 9.10. The Hall–Kier alpha value is -0.990. The predicted molar refractivity (Wildman–Crippen MR) is 78.3 cm³/mol. The quantitative estimate of drug-likeness (QED) is 0.842. The molecular formula is C11H15BrN6S. The Bertz CT molecular complexity index is 545. The number of tetrazole rings is 1. The van der Waals surface area contributed by atoms with Gasteiger partial charge in [-0.25, -0.2) is 4.68 Å². The van der Waals surface area contributed by atoms with E-state index in [1.807, 2.05) is 7.05 Å². The number of piperazine rings is 1. The van der Waals surface area contributed by atoms with Gasteiger partial charge in [0.2, 0.25) is 5.95 Å². The molecule has 3 heterocycles. The summed E-state index contributed by atoms with van der Waals surface area (Å²) in [6, 6.07) is 2.11. The Morgan fingerprint density at radius 3 is 2.68 bits per heavy atom. The first-order valence-electron chi connectivity index (χ1n) is 6.15. The van der Waals surface area contributed by atoms with Crippen molar-refractivity contribution in [2.24, 2.45) is 7.05 Å². The molecule has 8 heteroatoms. The molecule has 1 aliphatic rings. The minimum absolute atomic E-state index is 0.858. The molecule has 1 saturated heterocycles. The van der Waals surface area contributed by atoms with E-state index in [-0.39, 0.29) is 0 Å². The highest BCUT2D eigenvalue weighted by atomic mass is 79.9. The first kappa shape index (κ1) is 13.0. The maximum absolute atomic E-state index is 4.06. The van der Waals surface area contributed by atoms with E-state index in [0.717, 1.165) is 38.7 Å². The molecule has 0 amide bonds. The number of hydrogen-bond donors (Lipinski definition) is 0. The molecule has 0 spiro atoms. The number of hydrogen-bond acceptors (Lipinski definition) is 6. The molecule has 19 heavy (non-hydrogen) atoms. The summed E-state index contributed by atoms with van der Waals surface area (Å²) in [4.78, 5) is 6.10. The molecule has 2 aromatic heterocycles. The summed E-state index contributed by atoms with van der Waals surface area (Å²) in [7, 11) is 1.88.